The fraction of sp³-hybridized carbons (Fsp3) is 0.647. The molecule has 1 aliphatic rings. The Morgan fingerprint density at radius 1 is 1.30 bits per heavy atom. The number of nitrogens with one attached hydrogen (secondary N) is 1. The van der Waals surface area contributed by atoms with E-state index in [1.54, 1.807) is 6.92 Å². The summed E-state index contributed by atoms with van der Waals surface area (Å²) in [7, 11) is 0. The maximum absolute atomic E-state index is 13.8. The molecule has 1 fully saturated rings. The van der Waals surface area contributed by atoms with Crippen LogP contribution in [0.5, 0.6) is 5.75 Å². The molecule has 23 heavy (non-hydrogen) atoms. The SMILES string of the molecule is CC1CN(CCCNC(C)c2c(O)cc(F)cc2F)CC(C)O1. The van der Waals surface area contributed by atoms with E-state index >= 15 is 0 Å². The second-order valence-electron chi connectivity index (χ2n) is 6.37. The van der Waals surface area contributed by atoms with E-state index in [1.165, 1.54) is 0 Å². The molecule has 130 valence electrons. The second kappa shape index (κ2) is 8.04. The standard InChI is InChI=1S/C17H26F2N2O2/c1-11-9-21(10-12(2)23-11)6-4-5-20-13(3)17-15(19)7-14(18)8-16(17)22/h7-8,11-13,20,22H,4-6,9-10H2,1-3H3. The van der Waals surface area contributed by atoms with Crippen LogP contribution in [0.15, 0.2) is 12.1 Å². The third-order valence-corrected chi connectivity index (χ3v) is 4.10. The number of halogens is 2. The number of nitrogens with zero attached hydrogens (tertiary/aromatic N) is 1. The van der Waals surface area contributed by atoms with Gasteiger partial charge in [0.2, 0.25) is 0 Å². The Morgan fingerprint density at radius 3 is 2.57 bits per heavy atom. The van der Waals surface area contributed by atoms with Crippen molar-refractivity contribution in [1.29, 1.82) is 0 Å². The Morgan fingerprint density at radius 2 is 1.96 bits per heavy atom. The van der Waals surface area contributed by atoms with Gasteiger partial charge in [-0.2, -0.15) is 0 Å². The lowest BCUT2D eigenvalue weighted by molar-refractivity contribution is -0.0680. The molecule has 1 aliphatic heterocycles. The van der Waals surface area contributed by atoms with Crippen molar-refractivity contribution in [2.45, 2.75) is 45.4 Å². The fourth-order valence-electron chi connectivity index (χ4n) is 3.19. The number of phenolic OH excluding ortho intramolecular Hbond substituents is 1. The zero-order valence-corrected chi connectivity index (χ0v) is 14.0. The molecule has 1 saturated heterocycles. The number of ether oxygens (including phenoxy) is 1. The Labute approximate surface area is 136 Å². The minimum atomic E-state index is -0.772. The third kappa shape index (κ3) is 5.12. The second-order valence-corrected chi connectivity index (χ2v) is 6.37. The van der Waals surface area contributed by atoms with Gasteiger partial charge in [0.15, 0.2) is 0 Å². The molecule has 0 aromatic heterocycles. The van der Waals surface area contributed by atoms with Gasteiger partial charge in [0, 0.05) is 36.8 Å². The Hall–Kier alpha value is -1.24. The molecule has 3 unspecified atom stereocenters. The van der Waals surface area contributed by atoms with Crippen molar-refractivity contribution in [3.8, 4) is 5.75 Å². The number of benzene rings is 1. The molecule has 0 spiro atoms. The zero-order valence-electron chi connectivity index (χ0n) is 14.0. The first-order valence-corrected chi connectivity index (χ1v) is 8.16. The monoisotopic (exact) mass is 328 g/mol. The van der Waals surface area contributed by atoms with Crippen molar-refractivity contribution < 1.29 is 18.6 Å². The summed E-state index contributed by atoms with van der Waals surface area (Å²) < 4.78 is 32.5. The first-order valence-electron chi connectivity index (χ1n) is 8.16. The third-order valence-electron chi connectivity index (χ3n) is 4.10. The smallest absolute Gasteiger partial charge is 0.134 e. The minimum Gasteiger partial charge on any atom is -0.507 e. The summed E-state index contributed by atoms with van der Waals surface area (Å²) in [5.41, 5.74) is 0.111. The quantitative estimate of drug-likeness (QED) is 0.788. The van der Waals surface area contributed by atoms with Crippen LogP contribution in [0.4, 0.5) is 8.78 Å². The van der Waals surface area contributed by atoms with Crippen molar-refractivity contribution in [3.05, 3.63) is 29.3 Å². The van der Waals surface area contributed by atoms with Crippen molar-refractivity contribution in [3.63, 3.8) is 0 Å². The van der Waals surface area contributed by atoms with Gasteiger partial charge in [0.05, 0.1) is 12.2 Å². The molecule has 3 atom stereocenters. The molecule has 0 amide bonds. The highest BCUT2D eigenvalue weighted by atomic mass is 19.1. The molecule has 1 aromatic rings. The van der Waals surface area contributed by atoms with Crippen LogP contribution < -0.4 is 5.32 Å². The summed E-state index contributed by atoms with van der Waals surface area (Å²) in [5.74, 6) is -1.84. The molecular formula is C17H26F2N2O2. The lowest BCUT2D eigenvalue weighted by Crippen LogP contribution is -2.46. The highest BCUT2D eigenvalue weighted by molar-refractivity contribution is 5.36. The predicted octanol–water partition coefficient (Wildman–Crippen LogP) is 2.82. The average molecular weight is 328 g/mol. The molecule has 4 nitrogen and oxygen atoms in total. The van der Waals surface area contributed by atoms with Crippen molar-refractivity contribution >= 4 is 0 Å². The lowest BCUT2D eigenvalue weighted by Gasteiger charge is -2.35. The van der Waals surface area contributed by atoms with Gasteiger partial charge in [0.25, 0.3) is 0 Å². The van der Waals surface area contributed by atoms with Crippen LogP contribution in [0, 0.1) is 11.6 Å². The number of hydrogen-bond donors (Lipinski definition) is 2. The maximum atomic E-state index is 13.8. The Balaban J connectivity index is 1.78. The topological polar surface area (TPSA) is 44.7 Å². The average Bonchev–Trinajstić information content (AvgIpc) is 2.41. The van der Waals surface area contributed by atoms with E-state index < -0.39 is 11.6 Å². The highest BCUT2D eigenvalue weighted by Gasteiger charge is 2.22. The Kier molecular flexibility index (Phi) is 6.33. The van der Waals surface area contributed by atoms with Crippen molar-refractivity contribution in [2.24, 2.45) is 0 Å². The highest BCUT2D eigenvalue weighted by Crippen LogP contribution is 2.28. The van der Waals surface area contributed by atoms with Crippen LogP contribution in [0.2, 0.25) is 0 Å². The van der Waals surface area contributed by atoms with E-state index in [1.807, 2.05) is 0 Å². The molecule has 6 heteroatoms. The molecule has 0 bridgehead atoms. The van der Waals surface area contributed by atoms with Gasteiger partial charge in [-0.05, 0) is 40.3 Å². The number of phenols is 1. The fourth-order valence-corrected chi connectivity index (χ4v) is 3.19. The molecule has 1 heterocycles. The summed E-state index contributed by atoms with van der Waals surface area (Å²) in [6.45, 7) is 9.38. The van der Waals surface area contributed by atoms with Gasteiger partial charge in [-0.25, -0.2) is 8.78 Å². The lowest BCUT2D eigenvalue weighted by atomic mass is 10.1. The largest absolute Gasteiger partial charge is 0.507 e. The summed E-state index contributed by atoms with van der Waals surface area (Å²) in [5, 5.41) is 12.9. The number of aromatic hydroxyl groups is 1. The van der Waals surface area contributed by atoms with Gasteiger partial charge < -0.3 is 15.2 Å². The van der Waals surface area contributed by atoms with Crippen LogP contribution >= 0.6 is 0 Å². The normalized spacial score (nSPS) is 23.9. The van der Waals surface area contributed by atoms with Gasteiger partial charge in [-0.3, -0.25) is 4.90 Å². The van der Waals surface area contributed by atoms with E-state index in [0.717, 1.165) is 38.2 Å². The van der Waals surface area contributed by atoms with Gasteiger partial charge in [0.1, 0.15) is 17.4 Å². The van der Waals surface area contributed by atoms with E-state index in [2.05, 4.69) is 24.1 Å². The first-order chi connectivity index (χ1) is 10.9. The molecule has 0 aliphatic carbocycles. The van der Waals surface area contributed by atoms with Crippen LogP contribution in [-0.2, 0) is 4.74 Å². The van der Waals surface area contributed by atoms with Crippen molar-refractivity contribution in [2.75, 3.05) is 26.2 Å². The van der Waals surface area contributed by atoms with Crippen molar-refractivity contribution in [1.82, 2.24) is 10.2 Å². The molecule has 1 aromatic carbocycles. The minimum absolute atomic E-state index is 0.111. The molecular weight excluding hydrogens is 302 g/mol. The maximum Gasteiger partial charge on any atom is 0.134 e. The number of hydrogen-bond acceptors (Lipinski definition) is 4. The van der Waals surface area contributed by atoms with Crippen LogP contribution in [0.25, 0.3) is 0 Å². The first kappa shape index (κ1) is 18.1. The Bertz CT molecular complexity index is 494. The zero-order chi connectivity index (χ0) is 17.0. The molecule has 0 radical (unpaired) electrons. The summed E-state index contributed by atoms with van der Waals surface area (Å²) in [6, 6.07) is 1.36. The molecule has 2 N–H and O–H groups in total. The van der Waals surface area contributed by atoms with Gasteiger partial charge >= 0.3 is 0 Å². The van der Waals surface area contributed by atoms with E-state index in [0.29, 0.717) is 6.54 Å². The number of morpholine rings is 1. The van der Waals surface area contributed by atoms with Crippen LogP contribution in [0.3, 0.4) is 0 Å². The van der Waals surface area contributed by atoms with E-state index in [4.69, 9.17) is 4.74 Å². The van der Waals surface area contributed by atoms with Crippen LogP contribution in [0.1, 0.15) is 38.8 Å². The molecule has 0 saturated carbocycles. The summed E-state index contributed by atoms with van der Waals surface area (Å²) in [6.07, 6.45) is 1.40. The van der Waals surface area contributed by atoms with Crippen LogP contribution in [-0.4, -0.2) is 48.4 Å². The van der Waals surface area contributed by atoms with Gasteiger partial charge in [-0.1, -0.05) is 0 Å². The van der Waals surface area contributed by atoms with Gasteiger partial charge in [-0.15, -0.1) is 0 Å². The van der Waals surface area contributed by atoms with E-state index in [-0.39, 0.29) is 29.6 Å². The molecule has 2 rings (SSSR count). The summed E-state index contributed by atoms with van der Waals surface area (Å²) >= 11 is 0. The predicted molar refractivity (Wildman–Crippen MR) is 85.5 cm³/mol. The van der Waals surface area contributed by atoms with E-state index in [9.17, 15) is 13.9 Å². The summed E-state index contributed by atoms with van der Waals surface area (Å²) in [4.78, 5) is 2.36. The number of rotatable bonds is 6.